The average Bonchev–Trinajstić information content (AvgIpc) is 3.26. The van der Waals surface area contributed by atoms with E-state index in [1.807, 2.05) is 4.90 Å². The molecule has 0 aliphatic carbocycles. The minimum atomic E-state index is -0.589. The number of anilines is 2. The van der Waals surface area contributed by atoms with Crippen LogP contribution >= 0.6 is 0 Å². The van der Waals surface area contributed by atoms with E-state index >= 15 is 0 Å². The molecule has 3 amide bonds. The van der Waals surface area contributed by atoms with Crippen molar-refractivity contribution in [3.8, 4) is 0 Å². The Hall–Kier alpha value is -3.37. The van der Waals surface area contributed by atoms with E-state index in [4.69, 9.17) is 9.47 Å². The monoisotopic (exact) mass is 448 g/mol. The number of hydrogen-bond acceptors (Lipinski definition) is 7. The van der Waals surface area contributed by atoms with Crippen LogP contribution in [0.3, 0.4) is 0 Å². The lowest BCUT2D eigenvalue weighted by molar-refractivity contribution is -0.149. The molecular formula is C21H25FN4O6. The molecule has 0 aromatic heterocycles. The third-order valence-electron chi connectivity index (χ3n) is 5.99. The number of nitrogens with one attached hydrogen (secondary N) is 1. The Kier molecular flexibility index (Phi) is 5.90. The summed E-state index contributed by atoms with van der Waals surface area (Å²) in [6.07, 6.45) is -1.09. The zero-order chi connectivity index (χ0) is 23.0. The molecule has 3 fully saturated rings. The van der Waals surface area contributed by atoms with Gasteiger partial charge in [-0.15, -0.1) is 0 Å². The van der Waals surface area contributed by atoms with Crippen molar-refractivity contribution in [2.75, 3.05) is 49.1 Å². The second-order valence-corrected chi connectivity index (χ2v) is 8.25. The largest absolute Gasteiger partial charge is 0.456 e. The molecule has 10 nitrogen and oxygen atoms in total. The van der Waals surface area contributed by atoms with E-state index in [1.54, 1.807) is 17.0 Å². The van der Waals surface area contributed by atoms with Gasteiger partial charge < -0.3 is 24.6 Å². The van der Waals surface area contributed by atoms with Gasteiger partial charge in [-0.05, 0) is 18.2 Å². The highest BCUT2D eigenvalue weighted by Crippen LogP contribution is 2.39. The summed E-state index contributed by atoms with van der Waals surface area (Å²) >= 11 is 0. The van der Waals surface area contributed by atoms with Crippen LogP contribution in [0.1, 0.15) is 13.8 Å². The Morgan fingerprint density at radius 3 is 2.66 bits per heavy atom. The van der Waals surface area contributed by atoms with Crippen LogP contribution in [0.4, 0.5) is 20.6 Å². The van der Waals surface area contributed by atoms with Crippen molar-refractivity contribution in [1.29, 1.82) is 0 Å². The zero-order valence-electron chi connectivity index (χ0n) is 17.9. The molecular weight excluding hydrogens is 423 g/mol. The fourth-order valence-corrected chi connectivity index (χ4v) is 4.36. The number of halogens is 1. The van der Waals surface area contributed by atoms with Crippen molar-refractivity contribution >= 4 is 35.3 Å². The molecule has 1 N–H and O–H groups in total. The lowest BCUT2D eigenvalue weighted by Gasteiger charge is -2.45. The maximum Gasteiger partial charge on any atom is 0.414 e. The molecule has 0 saturated carbocycles. The molecule has 1 aromatic rings. The van der Waals surface area contributed by atoms with E-state index in [1.165, 1.54) is 24.8 Å². The van der Waals surface area contributed by atoms with Gasteiger partial charge in [0.2, 0.25) is 5.91 Å². The molecule has 172 valence electrons. The van der Waals surface area contributed by atoms with Crippen molar-refractivity contribution in [3.05, 3.63) is 24.0 Å². The van der Waals surface area contributed by atoms with Crippen LogP contribution in [-0.2, 0) is 23.9 Å². The number of nitrogens with zero attached hydrogens (tertiary/aromatic N) is 3. The Bertz CT molecular complexity index is 956. The summed E-state index contributed by atoms with van der Waals surface area (Å²) in [5, 5.41) is 2.60. The van der Waals surface area contributed by atoms with Crippen LogP contribution < -0.4 is 15.1 Å². The van der Waals surface area contributed by atoms with Crippen molar-refractivity contribution in [2.45, 2.75) is 26.0 Å². The molecule has 11 heteroatoms. The van der Waals surface area contributed by atoms with Gasteiger partial charge >= 0.3 is 12.1 Å². The maximum atomic E-state index is 15.0. The van der Waals surface area contributed by atoms with Crippen LogP contribution in [0, 0.1) is 11.7 Å². The van der Waals surface area contributed by atoms with E-state index in [2.05, 4.69) is 5.32 Å². The summed E-state index contributed by atoms with van der Waals surface area (Å²) in [7, 11) is 0. The van der Waals surface area contributed by atoms with E-state index in [0.29, 0.717) is 31.0 Å². The van der Waals surface area contributed by atoms with E-state index in [0.717, 1.165) is 0 Å². The second-order valence-electron chi connectivity index (χ2n) is 8.25. The third-order valence-corrected chi connectivity index (χ3v) is 5.99. The number of fused-ring (bicyclic) bond motifs is 1. The van der Waals surface area contributed by atoms with Gasteiger partial charge in [0.1, 0.15) is 11.9 Å². The minimum absolute atomic E-state index is 0.00424. The van der Waals surface area contributed by atoms with Crippen LogP contribution in [0.25, 0.3) is 0 Å². The molecule has 3 saturated heterocycles. The third kappa shape index (κ3) is 4.32. The number of amides is 3. The number of likely N-dealkylation sites (tertiary alicyclic amines) is 1. The van der Waals surface area contributed by atoms with Crippen LogP contribution in [0.5, 0.6) is 0 Å². The smallest absolute Gasteiger partial charge is 0.414 e. The highest BCUT2D eigenvalue weighted by atomic mass is 19.1. The number of esters is 1. The summed E-state index contributed by atoms with van der Waals surface area (Å²) in [4.78, 5) is 51.2. The average molecular weight is 448 g/mol. The van der Waals surface area contributed by atoms with E-state index < -0.39 is 24.0 Å². The number of rotatable bonds is 6. The zero-order valence-corrected chi connectivity index (χ0v) is 17.9. The van der Waals surface area contributed by atoms with Gasteiger partial charge in [-0.25, -0.2) is 9.18 Å². The number of cyclic esters (lactones) is 1. The quantitative estimate of drug-likeness (QED) is 0.632. The Balaban J connectivity index is 1.38. The molecule has 0 radical (unpaired) electrons. The van der Waals surface area contributed by atoms with Crippen molar-refractivity contribution < 1.29 is 33.0 Å². The van der Waals surface area contributed by atoms with Crippen molar-refractivity contribution in [2.24, 2.45) is 5.92 Å². The standard InChI is InChI=1S/C21H25FN4O6/c1-12(27)23-6-16-9-25(21(30)32-16)15-3-4-18(17(22)5-15)26-8-14-7-24(10-19(14)26)20(29)11-31-13(2)28/h3-5,14,16,19H,6-11H2,1-2H3,(H,23,27)/t14-,16-,19-/m0/s1. The molecule has 3 aliphatic rings. The number of benzene rings is 1. The molecule has 0 spiro atoms. The van der Waals surface area contributed by atoms with Gasteiger partial charge in [0.15, 0.2) is 6.61 Å². The van der Waals surface area contributed by atoms with Crippen molar-refractivity contribution in [3.63, 3.8) is 0 Å². The number of ether oxygens (including phenoxy) is 2. The predicted molar refractivity (Wildman–Crippen MR) is 111 cm³/mol. The summed E-state index contributed by atoms with van der Waals surface area (Å²) in [5.41, 5.74) is 0.787. The number of hydrogen-bond donors (Lipinski definition) is 1. The van der Waals surface area contributed by atoms with Gasteiger partial charge in [0.05, 0.1) is 30.5 Å². The molecule has 3 aliphatic heterocycles. The lowest BCUT2D eigenvalue weighted by atomic mass is 9.91. The predicted octanol–water partition coefficient (Wildman–Crippen LogP) is 0.497. The molecule has 0 bridgehead atoms. The SMILES string of the molecule is CC(=O)NC[C@H]1CN(c2ccc(N3C[C@@H]4CN(C(=O)COC(C)=O)C[C@@H]43)c(F)c2)C(=O)O1. The normalized spacial score (nSPS) is 24.0. The Morgan fingerprint density at radius 2 is 1.97 bits per heavy atom. The molecule has 3 atom stereocenters. The maximum absolute atomic E-state index is 15.0. The Morgan fingerprint density at radius 1 is 1.19 bits per heavy atom. The van der Waals surface area contributed by atoms with E-state index in [9.17, 15) is 23.6 Å². The Labute approximate surface area is 184 Å². The summed E-state index contributed by atoms with van der Waals surface area (Å²) < 4.78 is 25.0. The van der Waals surface area contributed by atoms with Crippen LogP contribution in [0.15, 0.2) is 18.2 Å². The number of carbonyl (C=O) groups is 4. The van der Waals surface area contributed by atoms with Gasteiger partial charge in [-0.1, -0.05) is 0 Å². The summed E-state index contributed by atoms with van der Waals surface area (Å²) in [5.74, 6) is -1.22. The molecule has 32 heavy (non-hydrogen) atoms. The van der Waals surface area contributed by atoms with Gasteiger partial charge in [-0.2, -0.15) is 0 Å². The van der Waals surface area contributed by atoms with Crippen molar-refractivity contribution in [1.82, 2.24) is 10.2 Å². The molecule has 1 aromatic carbocycles. The fourth-order valence-electron chi connectivity index (χ4n) is 4.36. The topological polar surface area (TPSA) is 108 Å². The lowest BCUT2D eigenvalue weighted by Crippen LogP contribution is -2.56. The summed E-state index contributed by atoms with van der Waals surface area (Å²) in [6, 6.07) is 4.57. The minimum Gasteiger partial charge on any atom is -0.456 e. The van der Waals surface area contributed by atoms with Gasteiger partial charge in [0.25, 0.3) is 5.91 Å². The fraction of sp³-hybridized carbons (Fsp3) is 0.524. The highest BCUT2D eigenvalue weighted by molar-refractivity contribution is 5.90. The first kappa shape index (κ1) is 21.8. The van der Waals surface area contributed by atoms with Gasteiger partial charge in [-0.3, -0.25) is 19.3 Å². The van der Waals surface area contributed by atoms with E-state index in [-0.39, 0.29) is 43.5 Å². The van der Waals surface area contributed by atoms with Crippen LogP contribution in [-0.4, -0.2) is 80.3 Å². The first-order valence-corrected chi connectivity index (χ1v) is 10.4. The molecule has 3 heterocycles. The second kappa shape index (κ2) is 8.64. The first-order valence-electron chi connectivity index (χ1n) is 10.4. The molecule has 0 unspecified atom stereocenters. The first-order chi connectivity index (χ1) is 15.2. The highest BCUT2D eigenvalue weighted by Gasteiger charge is 2.47. The van der Waals surface area contributed by atoms with Gasteiger partial charge in [0, 0.05) is 39.4 Å². The molecule has 4 rings (SSSR count). The van der Waals surface area contributed by atoms with Crippen LogP contribution in [0.2, 0.25) is 0 Å². The number of carbonyl (C=O) groups excluding carboxylic acids is 4. The summed E-state index contributed by atoms with van der Waals surface area (Å²) in [6.45, 7) is 4.36.